The molecule has 0 aliphatic carbocycles. The molecule has 1 saturated heterocycles. The number of carbonyl (C=O) groups excluding carboxylic acids is 1. The highest BCUT2D eigenvalue weighted by Gasteiger charge is 2.30. The molecule has 2 aromatic rings. The molecule has 1 fully saturated rings. The molecule has 0 radical (unpaired) electrons. The number of fused-ring (bicyclic) bond motifs is 1. The molecule has 1 amide bonds. The number of amides is 1. The van der Waals surface area contributed by atoms with E-state index in [0.717, 1.165) is 23.9 Å². The van der Waals surface area contributed by atoms with Gasteiger partial charge in [-0.05, 0) is 46.6 Å². The van der Waals surface area contributed by atoms with Crippen LogP contribution in [0, 0.1) is 0 Å². The summed E-state index contributed by atoms with van der Waals surface area (Å²) in [6.07, 6.45) is 1.49. The van der Waals surface area contributed by atoms with Crippen molar-refractivity contribution in [2.24, 2.45) is 0 Å². The summed E-state index contributed by atoms with van der Waals surface area (Å²) in [5, 5.41) is 36.7. The van der Waals surface area contributed by atoms with Gasteiger partial charge in [0.1, 0.15) is 0 Å². The summed E-state index contributed by atoms with van der Waals surface area (Å²) >= 11 is 0. The van der Waals surface area contributed by atoms with Crippen LogP contribution in [-0.2, 0) is 9.59 Å². The van der Waals surface area contributed by atoms with E-state index in [1.54, 1.807) is 0 Å². The number of nitrogens with one attached hydrogen (secondary N) is 2. The van der Waals surface area contributed by atoms with E-state index >= 15 is 0 Å². The zero-order valence-corrected chi connectivity index (χ0v) is 18.1. The second-order valence-electron chi connectivity index (χ2n) is 8.54. The molecule has 2 heterocycles. The van der Waals surface area contributed by atoms with E-state index in [1.807, 2.05) is 42.8 Å². The molecular formula is C21H30N4O6. The molecule has 0 unspecified atom stereocenters. The number of aliphatic carboxylic acids is 2. The van der Waals surface area contributed by atoms with Crippen LogP contribution in [0.25, 0.3) is 10.9 Å². The minimum absolute atomic E-state index is 0.0582. The first kappa shape index (κ1) is 24.3. The summed E-state index contributed by atoms with van der Waals surface area (Å²) in [7, 11) is 0. The third-order valence-electron chi connectivity index (χ3n) is 4.80. The fourth-order valence-electron chi connectivity index (χ4n) is 3.59. The summed E-state index contributed by atoms with van der Waals surface area (Å²) in [6.45, 7) is 8.46. The maximum Gasteiger partial charge on any atom is 0.414 e. The summed E-state index contributed by atoms with van der Waals surface area (Å²) in [5.41, 5.74) is 0.755. The van der Waals surface area contributed by atoms with E-state index in [9.17, 15) is 9.90 Å². The molecule has 5 N–H and O–H groups in total. The maximum absolute atomic E-state index is 12.8. The lowest BCUT2D eigenvalue weighted by Gasteiger charge is -2.21. The third-order valence-corrected chi connectivity index (χ3v) is 4.80. The monoisotopic (exact) mass is 434 g/mol. The van der Waals surface area contributed by atoms with E-state index < -0.39 is 17.5 Å². The van der Waals surface area contributed by atoms with Crippen LogP contribution in [0.4, 0.5) is 0 Å². The van der Waals surface area contributed by atoms with Crippen molar-refractivity contribution in [3.63, 3.8) is 0 Å². The molecule has 0 bridgehead atoms. The van der Waals surface area contributed by atoms with Gasteiger partial charge in [0.2, 0.25) is 0 Å². The third kappa shape index (κ3) is 6.76. The Hall–Kier alpha value is -2.98. The molecule has 0 saturated carbocycles. The topological polar surface area (TPSA) is 154 Å². The highest BCUT2D eigenvalue weighted by Crippen LogP contribution is 2.23. The number of hydrogen-bond donors (Lipinski definition) is 5. The van der Waals surface area contributed by atoms with Gasteiger partial charge in [-0.3, -0.25) is 9.48 Å². The van der Waals surface area contributed by atoms with Crippen LogP contribution >= 0.6 is 0 Å². The molecular weight excluding hydrogens is 404 g/mol. The van der Waals surface area contributed by atoms with Gasteiger partial charge in [0.15, 0.2) is 5.69 Å². The first-order valence-corrected chi connectivity index (χ1v) is 10.1. The lowest BCUT2D eigenvalue weighted by Crippen LogP contribution is -2.36. The summed E-state index contributed by atoms with van der Waals surface area (Å²) < 4.78 is 1.90. The molecule has 170 valence electrons. The van der Waals surface area contributed by atoms with Crippen LogP contribution < -0.4 is 10.6 Å². The van der Waals surface area contributed by atoms with Crippen LogP contribution in [-0.4, -0.2) is 67.2 Å². The van der Waals surface area contributed by atoms with Crippen molar-refractivity contribution >= 4 is 28.7 Å². The first-order chi connectivity index (χ1) is 14.4. The van der Waals surface area contributed by atoms with E-state index in [1.165, 1.54) is 0 Å². The Balaban J connectivity index is 0.000000501. The SMILES string of the molecule is CC(C)n1nc(C(=O)N[C@@H]2CN[C@H](CC(C)(C)O)C2)c2ccccc21.O=C(O)C(=O)O. The Morgan fingerprint density at radius 3 is 2.39 bits per heavy atom. The Bertz CT molecular complexity index is 935. The summed E-state index contributed by atoms with van der Waals surface area (Å²) in [4.78, 5) is 31.0. The van der Waals surface area contributed by atoms with Gasteiger partial charge in [-0.15, -0.1) is 0 Å². The van der Waals surface area contributed by atoms with Crippen LogP contribution in [0.3, 0.4) is 0 Å². The molecule has 1 aliphatic heterocycles. The number of carbonyl (C=O) groups is 3. The van der Waals surface area contributed by atoms with Gasteiger partial charge in [0.25, 0.3) is 5.91 Å². The fraction of sp³-hybridized carbons (Fsp3) is 0.524. The van der Waals surface area contributed by atoms with Crippen LogP contribution in [0.2, 0.25) is 0 Å². The molecule has 1 aromatic carbocycles. The van der Waals surface area contributed by atoms with Crippen molar-refractivity contribution in [3.8, 4) is 0 Å². The van der Waals surface area contributed by atoms with E-state index in [4.69, 9.17) is 19.8 Å². The average Bonchev–Trinajstić information content (AvgIpc) is 3.25. The summed E-state index contributed by atoms with van der Waals surface area (Å²) in [6, 6.07) is 8.30. The Kier molecular flexibility index (Phi) is 7.75. The maximum atomic E-state index is 12.8. The van der Waals surface area contributed by atoms with Crippen molar-refractivity contribution in [2.75, 3.05) is 6.54 Å². The standard InChI is InChI=1S/C19H28N4O2.C2H2O4/c1-12(2)23-16-8-6-5-7-15(16)17(22-23)18(24)21-14-9-13(20-11-14)10-19(3,4)25;3-1(4)2(5)6/h5-8,12-14,20,25H,9-11H2,1-4H3,(H,21,24);(H,3,4)(H,5,6)/t13-,14-;/m0./s1. The van der Waals surface area contributed by atoms with Gasteiger partial charge in [0, 0.05) is 30.1 Å². The first-order valence-electron chi connectivity index (χ1n) is 10.1. The van der Waals surface area contributed by atoms with E-state index in [2.05, 4.69) is 29.6 Å². The molecule has 1 aliphatic rings. The van der Waals surface area contributed by atoms with Crippen LogP contribution in [0.15, 0.2) is 24.3 Å². The fourth-order valence-corrected chi connectivity index (χ4v) is 3.59. The van der Waals surface area contributed by atoms with Crippen molar-refractivity contribution in [1.82, 2.24) is 20.4 Å². The molecule has 2 atom stereocenters. The average molecular weight is 434 g/mol. The van der Waals surface area contributed by atoms with E-state index in [-0.39, 0.29) is 24.0 Å². The number of rotatable bonds is 5. The van der Waals surface area contributed by atoms with Gasteiger partial charge >= 0.3 is 11.9 Å². The number of aromatic nitrogens is 2. The van der Waals surface area contributed by atoms with E-state index in [0.29, 0.717) is 12.1 Å². The number of hydrogen-bond acceptors (Lipinski definition) is 6. The number of benzene rings is 1. The quantitative estimate of drug-likeness (QED) is 0.443. The zero-order valence-electron chi connectivity index (χ0n) is 18.1. The predicted molar refractivity (Wildman–Crippen MR) is 114 cm³/mol. The number of aliphatic hydroxyl groups is 1. The molecule has 0 spiro atoms. The number of nitrogens with zero attached hydrogens (tertiary/aromatic N) is 2. The highest BCUT2D eigenvalue weighted by molar-refractivity contribution is 6.27. The van der Waals surface area contributed by atoms with Crippen molar-refractivity contribution in [1.29, 1.82) is 0 Å². The molecule has 10 heteroatoms. The molecule has 1 aromatic heterocycles. The normalized spacial score (nSPS) is 18.5. The Labute approximate surface area is 180 Å². The predicted octanol–water partition coefficient (Wildman–Crippen LogP) is 1.39. The second-order valence-corrected chi connectivity index (χ2v) is 8.54. The number of para-hydroxylation sites is 1. The van der Waals surface area contributed by atoms with Gasteiger partial charge < -0.3 is 26.0 Å². The Morgan fingerprint density at radius 2 is 1.84 bits per heavy atom. The minimum Gasteiger partial charge on any atom is -0.473 e. The van der Waals surface area contributed by atoms with Gasteiger partial charge in [-0.1, -0.05) is 18.2 Å². The molecule has 10 nitrogen and oxygen atoms in total. The Morgan fingerprint density at radius 1 is 1.23 bits per heavy atom. The second kappa shape index (κ2) is 9.88. The largest absolute Gasteiger partial charge is 0.473 e. The highest BCUT2D eigenvalue weighted by atomic mass is 16.4. The van der Waals surface area contributed by atoms with Crippen molar-refractivity contribution in [3.05, 3.63) is 30.0 Å². The molecule has 3 rings (SSSR count). The minimum atomic E-state index is -1.82. The van der Waals surface area contributed by atoms with Crippen molar-refractivity contribution in [2.45, 2.75) is 64.3 Å². The number of carboxylic acid groups (broad SMARTS) is 2. The van der Waals surface area contributed by atoms with Gasteiger partial charge in [-0.2, -0.15) is 5.10 Å². The van der Waals surface area contributed by atoms with Crippen molar-refractivity contribution < 1.29 is 29.7 Å². The number of carboxylic acids is 2. The van der Waals surface area contributed by atoms with Crippen LogP contribution in [0.5, 0.6) is 0 Å². The summed E-state index contributed by atoms with van der Waals surface area (Å²) in [5.74, 6) is -3.78. The van der Waals surface area contributed by atoms with Gasteiger partial charge in [0.05, 0.1) is 11.1 Å². The lowest BCUT2D eigenvalue weighted by molar-refractivity contribution is -0.159. The lowest BCUT2D eigenvalue weighted by atomic mass is 9.97. The zero-order chi connectivity index (χ0) is 23.3. The molecule has 31 heavy (non-hydrogen) atoms. The van der Waals surface area contributed by atoms with Crippen LogP contribution in [0.1, 0.15) is 57.1 Å². The van der Waals surface area contributed by atoms with Gasteiger partial charge in [-0.25, -0.2) is 9.59 Å². The smallest absolute Gasteiger partial charge is 0.414 e.